The third-order valence-electron chi connectivity index (χ3n) is 3.18. The van der Waals surface area contributed by atoms with Crippen molar-refractivity contribution in [2.24, 2.45) is 10.5 Å². The van der Waals surface area contributed by atoms with E-state index < -0.39 is 23.9 Å². The van der Waals surface area contributed by atoms with Crippen LogP contribution in [0.4, 0.5) is 0 Å². The van der Waals surface area contributed by atoms with Crippen molar-refractivity contribution in [3.8, 4) is 0 Å². The molecule has 2 rings (SSSR count). The number of carbonyl (C=O) groups is 1. The fourth-order valence-corrected chi connectivity index (χ4v) is 1.98. The molecule has 3 atom stereocenters. The minimum atomic E-state index is -1.40. The van der Waals surface area contributed by atoms with Gasteiger partial charge in [-0.05, 0) is 24.6 Å². The summed E-state index contributed by atoms with van der Waals surface area (Å²) in [4.78, 5) is 15.0. The summed E-state index contributed by atoms with van der Waals surface area (Å²) >= 11 is 0. The Labute approximate surface area is 116 Å². The Hall–Kier alpha value is -1.98. The van der Waals surface area contributed by atoms with Crippen LogP contribution in [0, 0.1) is 5.41 Å². The van der Waals surface area contributed by atoms with E-state index in [0.29, 0.717) is 5.76 Å². The summed E-state index contributed by atoms with van der Waals surface area (Å²) in [6, 6.07) is 2.37. The molecule has 2 heterocycles. The number of rotatable bonds is 3. The van der Waals surface area contributed by atoms with Crippen LogP contribution in [0.5, 0.6) is 0 Å². The molecule has 1 fully saturated rings. The second-order valence-corrected chi connectivity index (χ2v) is 5.95. The fourth-order valence-electron chi connectivity index (χ4n) is 1.98. The molecule has 0 saturated carbocycles. The lowest BCUT2D eigenvalue weighted by atomic mass is 9.94. The molecule has 0 aromatic carbocycles. The molecular weight excluding hydrogens is 262 g/mol. The van der Waals surface area contributed by atoms with Crippen LogP contribution in [0.15, 0.2) is 27.9 Å². The quantitative estimate of drug-likeness (QED) is 0.366. The molecule has 1 aromatic rings. The molecule has 0 spiro atoms. The highest BCUT2D eigenvalue weighted by atomic mass is 16.8. The van der Waals surface area contributed by atoms with Gasteiger partial charge in [0.2, 0.25) is 6.29 Å². The SMILES string of the molecule is CC(C)(C)[C@@H]1OC(=O)[C@@](C)([C@@H](N=[N+]=[N-])c2ccco2)O1. The molecule has 1 aliphatic heterocycles. The number of hydrogen-bond donors (Lipinski definition) is 0. The van der Waals surface area contributed by atoms with Crippen molar-refractivity contribution in [1.82, 2.24) is 0 Å². The number of cyclic esters (lactones) is 1. The van der Waals surface area contributed by atoms with Gasteiger partial charge in [0.05, 0.1) is 6.26 Å². The van der Waals surface area contributed by atoms with Crippen LogP contribution in [0.1, 0.15) is 39.5 Å². The number of ether oxygens (including phenoxy) is 2. The molecule has 0 amide bonds. The zero-order valence-electron chi connectivity index (χ0n) is 11.9. The van der Waals surface area contributed by atoms with Gasteiger partial charge in [0.25, 0.3) is 0 Å². The van der Waals surface area contributed by atoms with Gasteiger partial charge in [-0.1, -0.05) is 25.9 Å². The van der Waals surface area contributed by atoms with Crippen molar-refractivity contribution in [3.05, 3.63) is 34.6 Å². The van der Waals surface area contributed by atoms with Crippen molar-refractivity contribution in [3.63, 3.8) is 0 Å². The Morgan fingerprint density at radius 3 is 2.65 bits per heavy atom. The Balaban J connectivity index is 2.38. The molecule has 0 bridgehead atoms. The molecule has 7 heteroatoms. The summed E-state index contributed by atoms with van der Waals surface area (Å²) in [5.74, 6) is -0.206. The van der Waals surface area contributed by atoms with E-state index in [2.05, 4.69) is 10.0 Å². The van der Waals surface area contributed by atoms with Crippen LogP contribution >= 0.6 is 0 Å². The summed E-state index contributed by atoms with van der Waals surface area (Å²) in [7, 11) is 0. The van der Waals surface area contributed by atoms with Crippen LogP contribution < -0.4 is 0 Å². The van der Waals surface area contributed by atoms with E-state index in [-0.39, 0.29) is 5.41 Å². The van der Waals surface area contributed by atoms with Crippen LogP contribution in [0.25, 0.3) is 10.4 Å². The largest absolute Gasteiger partial charge is 0.469 e. The van der Waals surface area contributed by atoms with Gasteiger partial charge in [0, 0.05) is 10.3 Å². The summed E-state index contributed by atoms with van der Waals surface area (Å²) < 4.78 is 16.3. The molecule has 1 saturated heterocycles. The van der Waals surface area contributed by atoms with Gasteiger partial charge in [-0.15, -0.1) is 0 Å². The number of nitrogens with zero attached hydrogens (tertiary/aromatic N) is 3. The third kappa shape index (κ3) is 2.37. The molecular formula is C13H17N3O4. The molecule has 1 aromatic heterocycles. The average molecular weight is 279 g/mol. The Morgan fingerprint density at radius 2 is 2.20 bits per heavy atom. The van der Waals surface area contributed by atoms with Crippen molar-refractivity contribution >= 4 is 5.97 Å². The fraction of sp³-hybridized carbons (Fsp3) is 0.615. The maximum absolute atomic E-state index is 12.2. The first-order valence-corrected chi connectivity index (χ1v) is 6.25. The van der Waals surface area contributed by atoms with E-state index >= 15 is 0 Å². The zero-order chi connectivity index (χ0) is 15.0. The molecule has 0 N–H and O–H groups in total. The predicted octanol–water partition coefficient (Wildman–Crippen LogP) is 3.34. The van der Waals surface area contributed by atoms with Gasteiger partial charge in [0.1, 0.15) is 11.8 Å². The smallest absolute Gasteiger partial charge is 0.341 e. The van der Waals surface area contributed by atoms with Crippen molar-refractivity contribution in [1.29, 1.82) is 0 Å². The van der Waals surface area contributed by atoms with E-state index in [9.17, 15) is 4.79 Å². The van der Waals surface area contributed by atoms with Gasteiger partial charge in [-0.2, -0.15) is 0 Å². The maximum atomic E-state index is 12.2. The molecule has 20 heavy (non-hydrogen) atoms. The summed E-state index contributed by atoms with van der Waals surface area (Å²) in [5.41, 5.74) is 6.95. The third-order valence-corrected chi connectivity index (χ3v) is 3.18. The van der Waals surface area contributed by atoms with Gasteiger partial charge < -0.3 is 13.9 Å². The highest BCUT2D eigenvalue weighted by Crippen LogP contribution is 2.43. The predicted molar refractivity (Wildman–Crippen MR) is 69.4 cm³/mol. The number of esters is 1. The molecule has 108 valence electrons. The number of hydrogen-bond acceptors (Lipinski definition) is 5. The first kappa shape index (κ1) is 14.4. The molecule has 7 nitrogen and oxygen atoms in total. The lowest BCUT2D eigenvalue weighted by Crippen LogP contribution is -2.39. The van der Waals surface area contributed by atoms with E-state index in [0.717, 1.165) is 0 Å². The Kier molecular flexibility index (Phi) is 3.50. The monoisotopic (exact) mass is 279 g/mol. The first-order chi connectivity index (χ1) is 9.29. The second-order valence-electron chi connectivity index (χ2n) is 5.95. The van der Waals surface area contributed by atoms with E-state index in [1.807, 2.05) is 20.8 Å². The van der Waals surface area contributed by atoms with Gasteiger partial charge in [-0.25, -0.2) is 4.79 Å². The molecule has 1 aliphatic rings. The molecule has 0 radical (unpaired) electrons. The van der Waals surface area contributed by atoms with E-state index in [1.54, 1.807) is 19.1 Å². The Bertz CT molecular complexity index is 542. The molecule has 0 unspecified atom stereocenters. The van der Waals surface area contributed by atoms with Gasteiger partial charge in [-0.3, -0.25) is 0 Å². The topological polar surface area (TPSA) is 97.4 Å². The number of azide groups is 1. The lowest BCUT2D eigenvalue weighted by molar-refractivity contribution is -0.156. The van der Waals surface area contributed by atoms with Crippen LogP contribution in [0.3, 0.4) is 0 Å². The average Bonchev–Trinajstić information content (AvgIpc) is 2.95. The highest BCUT2D eigenvalue weighted by Gasteiger charge is 2.55. The van der Waals surface area contributed by atoms with Crippen LogP contribution in [-0.4, -0.2) is 17.9 Å². The van der Waals surface area contributed by atoms with Crippen molar-refractivity contribution in [2.75, 3.05) is 0 Å². The van der Waals surface area contributed by atoms with Crippen LogP contribution in [0.2, 0.25) is 0 Å². The normalized spacial score (nSPS) is 27.8. The summed E-state index contributed by atoms with van der Waals surface area (Å²) in [6.07, 6.45) is 0.742. The maximum Gasteiger partial charge on any atom is 0.341 e. The van der Waals surface area contributed by atoms with Gasteiger partial charge in [0.15, 0.2) is 5.60 Å². The summed E-state index contributed by atoms with van der Waals surface area (Å²) in [5, 5.41) is 3.65. The van der Waals surface area contributed by atoms with E-state index in [1.165, 1.54) is 6.26 Å². The van der Waals surface area contributed by atoms with E-state index in [4.69, 9.17) is 19.4 Å². The minimum Gasteiger partial charge on any atom is -0.469 e. The summed E-state index contributed by atoms with van der Waals surface area (Å²) in [6.45, 7) is 7.23. The Morgan fingerprint density at radius 1 is 1.50 bits per heavy atom. The van der Waals surface area contributed by atoms with Crippen molar-refractivity contribution in [2.45, 2.75) is 45.6 Å². The van der Waals surface area contributed by atoms with Crippen molar-refractivity contribution < 1.29 is 18.7 Å². The molecule has 0 aliphatic carbocycles. The highest BCUT2D eigenvalue weighted by molar-refractivity contribution is 5.82. The first-order valence-electron chi connectivity index (χ1n) is 6.25. The lowest BCUT2D eigenvalue weighted by Gasteiger charge is -2.28. The van der Waals surface area contributed by atoms with Crippen LogP contribution in [-0.2, 0) is 14.3 Å². The number of carbonyl (C=O) groups excluding carboxylic acids is 1. The minimum absolute atomic E-state index is 0.358. The number of furan rings is 1. The van der Waals surface area contributed by atoms with Gasteiger partial charge >= 0.3 is 5.97 Å². The standard InChI is InChI=1S/C13H17N3O4/c1-12(2,3)11-19-10(17)13(4,20-11)9(15-16-14)8-6-5-7-18-8/h5-7,9,11H,1-4H3/t9-,11+,13+/m0/s1. The zero-order valence-corrected chi connectivity index (χ0v) is 11.9. The second kappa shape index (κ2) is 4.85.